The van der Waals surface area contributed by atoms with E-state index in [0.717, 1.165) is 32.0 Å². The Kier molecular flexibility index (Phi) is 5.85. The van der Waals surface area contributed by atoms with Gasteiger partial charge in [0, 0.05) is 24.3 Å². The summed E-state index contributed by atoms with van der Waals surface area (Å²) in [4.78, 5) is 35.8. The zero-order valence-corrected chi connectivity index (χ0v) is 20.7. The van der Waals surface area contributed by atoms with Crippen LogP contribution in [0.4, 0.5) is 30.6 Å². The summed E-state index contributed by atoms with van der Waals surface area (Å²) in [5, 5.41) is 6.66. The van der Waals surface area contributed by atoms with Crippen molar-refractivity contribution in [1.29, 1.82) is 0 Å². The maximum absolute atomic E-state index is 14.5. The summed E-state index contributed by atoms with van der Waals surface area (Å²) < 4.78 is 28.3. The van der Waals surface area contributed by atoms with Crippen molar-refractivity contribution >= 4 is 50.6 Å². The highest BCUT2D eigenvalue weighted by Crippen LogP contribution is 2.46. The van der Waals surface area contributed by atoms with Gasteiger partial charge in [0.25, 0.3) is 5.91 Å². The van der Waals surface area contributed by atoms with E-state index in [0.29, 0.717) is 37.7 Å². The van der Waals surface area contributed by atoms with Crippen LogP contribution in [0, 0.1) is 11.6 Å². The molecule has 3 amide bonds. The molecule has 1 fully saturated rings. The zero-order valence-electron chi connectivity index (χ0n) is 19.9. The van der Waals surface area contributed by atoms with Gasteiger partial charge in [-0.3, -0.25) is 9.69 Å². The summed E-state index contributed by atoms with van der Waals surface area (Å²) in [7, 11) is 2.03. The molecule has 4 heterocycles. The minimum absolute atomic E-state index is 0.0397. The van der Waals surface area contributed by atoms with E-state index in [2.05, 4.69) is 20.5 Å². The van der Waals surface area contributed by atoms with E-state index >= 15 is 0 Å². The van der Waals surface area contributed by atoms with Gasteiger partial charge in [0.1, 0.15) is 9.71 Å². The number of pyridine rings is 1. The third-order valence-corrected chi connectivity index (χ3v) is 7.88. The summed E-state index contributed by atoms with van der Waals surface area (Å²) >= 11 is 1.23. The number of halogens is 2. The van der Waals surface area contributed by atoms with Gasteiger partial charge in [-0.25, -0.2) is 18.6 Å². The number of carbonyl (C=O) groups is 2. The minimum atomic E-state index is -0.950. The molecule has 2 aliphatic heterocycles. The quantitative estimate of drug-likeness (QED) is 0.360. The average Bonchev–Trinajstić information content (AvgIpc) is 3.25. The number of amides is 3. The number of hydrogen-bond acceptors (Lipinski definition) is 5. The Morgan fingerprint density at radius 1 is 1.19 bits per heavy atom. The van der Waals surface area contributed by atoms with E-state index in [1.54, 1.807) is 36.5 Å². The largest absolute Gasteiger partial charge is 0.347 e. The first-order valence-electron chi connectivity index (χ1n) is 12.0. The van der Waals surface area contributed by atoms with E-state index in [1.165, 1.54) is 28.4 Å². The van der Waals surface area contributed by atoms with E-state index in [9.17, 15) is 18.4 Å². The molecule has 2 aromatic carbocycles. The van der Waals surface area contributed by atoms with Crippen LogP contribution in [0.2, 0.25) is 0 Å². The Hall–Kier alpha value is -3.89. The second kappa shape index (κ2) is 9.20. The molecule has 1 unspecified atom stereocenters. The minimum Gasteiger partial charge on any atom is -0.347 e. The predicted molar refractivity (Wildman–Crippen MR) is 141 cm³/mol. The van der Waals surface area contributed by atoms with Gasteiger partial charge in [-0.1, -0.05) is 24.3 Å². The maximum Gasteiger partial charge on any atom is 0.331 e. The molecule has 7 nitrogen and oxygen atoms in total. The van der Waals surface area contributed by atoms with Crippen molar-refractivity contribution in [2.45, 2.75) is 18.9 Å². The molecule has 2 aromatic heterocycles. The molecule has 1 saturated heterocycles. The highest BCUT2D eigenvalue weighted by molar-refractivity contribution is 7.21. The van der Waals surface area contributed by atoms with Crippen LogP contribution in [0.3, 0.4) is 0 Å². The molecule has 10 heteroatoms. The van der Waals surface area contributed by atoms with Crippen LogP contribution in [-0.2, 0) is 0 Å². The van der Waals surface area contributed by atoms with Crippen LogP contribution in [-0.4, -0.2) is 48.0 Å². The number of carbonyl (C=O) groups excluding carboxylic acids is 2. The zero-order chi connectivity index (χ0) is 25.7. The van der Waals surface area contributed by atoms with Crippen LogP contribution in [0.25, 0.3) is 21.3 Å². The number of thiophene rings is 1. The molecule has 0 spiro atoms. The average molecular weight is 520 g/mol. The van der Waals surface area contributed by atoms with Gasteiger partial charge in [-0.05, 0) is 56.3 Å². The molecule has 0 radical (unpaired) electrons. The fourth-order valence-electron chi connectivity index (χ4n) is 5.08. The molecular formula is C27H23F2N5O2S. The Morgan fingerprint density at radius 2 is 2.03 bits per heavy atom. The molecule has 0 aliphatic carbocycles. The van der Waals surface area contributed by atoms with Crippen molar-refractivity contribution < 1.29 is 18.4 Å². The van der Waals surface area contributed by atoms with E-state index in [-0.39, 0.29) is 17.5 Å². The molecular weight excluding hydrogens is 496 g/mol. The smallest absolute Gasteiger partial charge is 0.331 e. The lowest BCUT2D eigenvalue weighted by atomic mass is 10.0. The molecule has 37 heavy (non-hydrogen) atoms. The number of rotatable bonds is 4. The molecule has 0 saturated carbocycles. The number of piperidine rings is 1. The van der Waals surface area contributed by atoms with Gasteiger partial charge in [0.15, 0.2) is 11.6 Å². The predicted octanol–water partition coefficient (Wildman–Crippen LogP) is 5.75. The highest BCUT2D eigenvalue weighted by atomic mass is 32.1. The molecule has 4 aromatic rings. The molecule has 0 bridgehead atoms. The van der Waals surface area contributed by atoms with E-state index in [1.807, 2.05) is 7.05 Å². The lowest BCUT2D eigenvalue weighted by Crippen LogP contribution is -2.46. The molecule has 6 rings (SSSR count). The number of urea groups is 1. The fraction of sp³-hybridized carbons (Fsp3) is 0.222. The first kappa shape index (κ1) is 23.5. The van der Waals surface area contributed by atoms with Gasteiger partial charge >= 0.3 is 6.03 Å². The number of likely N-dealkylation sites (tertiary alicyclic amines) is 1. The van der Waals surface area contributed by atoms with Crippen molar-refractivity contribution in [2.75, 3.05) is 30.4 Å². The number of likely N-dealkylation sites (N-methyl/N-ethyl adjacent to an activating group) is 1. The van der Waals surface area contributed by atoms with Crippen LogP contribution < -0.4 is 15.5 Å². The first-order chi connectivity index (χ1) is 17.9. The standard InChI is InChI=1S/C27H23F2N5O2S/c1-33-12-4-6-16(14-33)31-25(35)24-23-21-20(10-11-30-26(21)37-24)34(27(36)32-23)17-7-2-5-15(13-17)18-8-3-9-19(28)22(18)29/h2-3,5,7-11,13,16H,4,6,12,14H2,1H3,(H,31,35)(H,32,36). The van der Waals surface area contributed by atoms with Crippen LogP contribution in [0.15, 0.2) is 54.7 Å². The third-order valence-electron chi connectivity index (χ3n) is 6.78. The summed E-state index contributed by atoms with van der Waals surface area (Å²) in [6, 6.07) is 12.0. The Morgan fingerprint density at radius 3 is 2.86 bits per heavy atom. The fourth-order valence-corrected chi connectivity index (χ4v) is 6.10. The SMILES string of the molecule is CN1CCCC(NC(=O)c2sc3nccc4c3c2NC(=O)N4c2cccc(-c3cccc(F)c3F)c2)C1. The number of benzene rings is 2. The van der Waals surface area contributed by atoms with Gasteiger partial charge < -0.3 is 15.5 Å². The number of nitrogens with zero attached hydrogens (tertiary/aromatic N) is 3. The van der Waals surface area contributed by atoms with Crippen molar-refractivity contribution in [3.05, 3.63) is 71.2 Å². The first-order valence-corrected chi connectivity index (χ1v) is 12.8. The van der Waals surface area contributed by atoms with E-state index < -0.39 is 17.7 Å². The number of aromatic nitrogens is 1. The second-order valence-electron chi connectivity index (χ2n) is 9.31. The number of hydrogen-bond donors (Lipinski definition) is 2. The van der Waals surface area contributed by atoms with Crippen LogP contribution in [0.5, 0.6) is 0 Å². The van der Waals surface area contributed by atoms with Gasteiger partial charge in [-0.2, -0.15) is 0 Å². The summed E-state index contributed by atoms with van der Waals surface area (Å²) in [6.07, 6.45) is 3.51. The molecule has 188 valence electrons. The number of anilines is 3. The summed E-state index contributed by atoms with van der Waals surface area (Å²) in [5.41, 5.74) is 2.01. The highest BCUT2D eigenvalue weighted by Gasteiger charge is 2.33. The maximum atomic E-state index is 14.5. The lowest BCUT2D eigenvalue weighted by Gasteiger charge is -2.30. The van der Waals surface area contributed by atoms with Crippen LogP contribution >= 0.6 is 11.3 Å². The monoisotopic (exact) mass is 519 g/mol. The van der Waals surface area contributed by atoms with Crippen molar-refractivity contribution in [3.8, 4) is 11.1 Å². The van der Waals surface area contributed by atoms with Crippen molar-refractivity contribution in [1.82, 2.24) is 15.2 Å². The van der Waals surface area contributed by atoms with E-state index in [4.69, 9.17) is 0 Å². The Labute approximate surface area is 215 Å². The van der Waals surface area contributed by atoms with Crippen LogP contribution in [0.1, 0.15) is 22.5 Å². The summed E-state index contributed by atoms with van der Waals surface area (Å²) in [6.45, 7) is 1.78. The molecule has 2 aliphatic rings. The number of nitrogens with one attached hydrogen (secondary N) is 2. The molecule has 2 N–H and O–H groups in total. The second-order valence-corrected chi connectivity index (χ2v) is 10.3. The molecule has 1 atom stereocenters. The topological polar surface area (TPSA) is 77.6 Å². The van der Waals surface area contributed by atoms with Gasteiger partial charge in [0.2, 0.25) is 0 Å². The van der Waals surface area contributed by atoms with Gasteiger partial charge in [0.05, 0.1) is 22.4 Å². The van der Waals surface area contributed by atoms with Crippen molar-refractivity contribution in [2.24, 2.45) is 0 Å². The van der Waals surface area contributed by atoms with Crippen molar-refractivity contribution in [3.63, 3.8) is 0 Å². The Bertz CT molecular complexity index is 1560. The third kappa shape index (κ3) is 4.11. The van der Waals surface area contributed by atoms with Gasteiger partial charge in [-0.15, -0.1) is 11.3 Å². The summed E-state index contributed by atoms with van der Waals surface area (Å²) in [5.74, 6) is -2.13. The Balaban J connectivity index is 1.39. The lowest BCUT2D eigenvalue weighted by molar-refractivity contribution is 0.0917. The normalized spacial score (nSPS) is 17.6.